The minimum atomic E-state index is -0.137. The summed E-state index contributed by atoms with van der Waals surface area (Å²) in [6.07, 6.45) is 1.49. The van der Waals surface area contributed by atoms with Crippen LogP contribution in [0.2, 0.25) is 0 Å². The average molecular weight is 441 g/mol. The number of benzene rings is 1. The fourth-order valence-electron chi connectivity index (χ4n) is 4.08. The number of rotatable bonds is 4. The van der Waals surface area contributed by atoms with Crippen LogP contribution in [-0.2, 0) is 17.9 Å². The molecule has 0 spiro atoms. The van der Waals surface area contributed by atoms with E-state index in [1.165, 1.54) is 22.2 Å². The number of hydrogen-bond acceptors (Lipinski definition) is 7. The van der Waals surface area contributed by atoms with E-state index in [1.807, 2.05) is 30.9 Å². The summed E-state index contributed by atoms with van der Waals surface area (Å²) >= 11 is 1.52. The third-order valence-electron chi connectivity index (χ3n) is 6.03. The Balaban J connectivity index is 1.20. The third kappa shape index (κ3) is 3.79. The molecule has 0 saturated carbocycles. The molecule has 3 aromatic rings. The molecular formula is C22H24N4O4S. The number of carbonyl (C=O) groups excluding carboxylic acids is 1. The lowest BCUT2D eigenvalue weighted by molar-refractivity contribution is -0.133. The zero-order valence-corrected chi connectivity index (χ0v) is 18.4. The zero-order chi connectivity index (χ0) is 21.5. The van der Waals surface area contributed by atoms with Gasteiger partial charge >= 0.3 is 0 Å². The Morgan fingerprint density at radius 2 is 1.90 bits per heavy atom. The highest BCUT2D eigenvalue weighted by Crippen LogP contribution is 2.33. The summed E-state index contributed by atoms with van der Waals surface area (Å²) < 4.78 is 12.3. The number of amides is 1. The first-order chi connectivity index (χ1) is 15.0. The Kier molecular flexibility index (Phi) is 5.15. The van der Waals surface area contributed by atoms with Gasteiger partial charge in [0.25, 0.3) is 5.56 Å². The van der Waals surface area contributed by atoms with E-state index in [4.69, 9.17) is 9.47 Å². The van der Waals surface area contributed by atoms with E-state index >= 15 is 0 Å². The highest BCUT2D eigenvalue weighted by molar-refractivity contribution is 7.18. The van der Waals surface area contributed by atoms with Crippen molar-refractivity contribution in [2.45, 2.75) is 26.9 Å². The first-order valence-corrected chi connectivity index (χ1v) is 11.1. The fraction of sp³-hybridized carbons (Fsp3) is 0.409. The van der Waals surface area contributed by atoms with Crippen LogP contribution in [-0.4, -0.2) is 58.2 Å². The summed E-state index contributed by atoms with van der Waals surface area (Å²) in [5, 5.41) is 0.631. The summed E-state index contributed by atoms with van der Waals surface area (Å²) in [5.41, 5.74) is 1.98. The largest absolute Gasteiger partial charge is 0.454 e. The molecule has 2 aliphatic heterocycles. The summed E-state index contributed by atoms with van der Waals surface area (Å²) in [7, 11) is 0. The van der Waals surface area contributed by atoms with Crippen molar-refractivity contribution in [1.82, 2.24) is 19.4 Å². The van der Waals surface area contributed by atoms with Gasteiger partial charge in [0.15, 0.2) is 11.5 Å². The van der Waals surface area contributed by atoms with E-state index in [-0.39, 0.29) is 24.8 Å². The molecule has 9 heteroatoms. The molecule has 4 heterocycles. The van der Waals surface area contributed by atoms with Gasteiger partial charge in [0.1, 0.15) is 11.4 Å². The predicted molar refractivity (Wildman–Crippen MR) is 118 cm³/mol. The van der Waals surface area contributed by atoms with Gasteiger partial charge in [-0.1, -0.05) is 6.07 Å². The number of aromatic nitrogens is 2. The third-order valence-corrected chi connectivity index (χ3v) is 7.14. The van der Waals surface area contributed by atoms with Gasteiger partial charge in [-0.2, -0.15) is 0 Å². The topological polar surface area (TPSA) is 76.9 Å². The quantitative estimate of drug-likeness (QED) is 0.619. The minimum Gasteiger partial charge on any atom is -0.454 e. The second-order valence-electron chi connectivity index (χ2n) is 7.99. The molecule has 0 aliphatic carbocycles. The lowest BCUT2D eigenvalue weighted by atomic mass is 10.1. The van der Waals surface area contributed by atoms with Crippen molar-refractivity contribution in [1.29, 1.82) is 0 Å². The second-order valence-corrected chi connectivity index (χ2v) is 9.19. The van der Waals surface area contributed by atoms with Crippen LogP contribution in [0.15, 0.2) is 29.3 Å². The van der Waals surface area contributed by atoms with Crippen molar-refractivity contribution in [3.8, 4) is 11.5 Å². The Labute approximate surface area is 183 Å². The molecule has 0 unspecified atom stereocenters. The fourth-order valence-corrected chi connectivity index (χ4v) is 5.07. The Hall–Kier alpha value is -2.91. The van der Waals surface area contributed by atoms with Crippen LogP contribution in [0, 0.1) is 13.8 Å². The second kappa shape index (κ2) is 7.97. The van der Waals surface area contributed by atoms with Crippen LogP contribution in [0.25, 0.3) is 10.2 Å². The molecule has 31 heavy (non-hydrogen) atoms. The maximum atomic E-state index is 12.8. The van der Waals surface area contributed by atoms with E-state index in [0.717, 1.165) is 52.0 Å². The minimum absolute atomic E-state index is 0.0261. The molecular weight excluding hydrogens is 416 g/mol. The molecule has 2 aliphatic rings. The number of piperazine rings is 1. The van der Waals surface area contributed by atoms with Crippen molar-refractivity contribution in [3.63, 3.8) is 0 Å². The molecule has 0 N–H and O–H groups in total. The van der Waals surface area contributed by atoms with Crippen molar-refractivity contribution in [2.75, 3.05) is 33.0 Å². The summed E-state index contributed by atoms with van der Waals surface area (Å²) in [6, 6.07) is 6.01. The van der Waals surface area contributed by atoms with Crippen molar-refractivity contribution >= 4 is 27.5 Å². The Morgan fingerprint density at radius 3 is 2.71 bits per heavy atom. The van der Waals surface area contributed by atoms with E-state index in [9.17, 15) is 9.59 Å². The van der Waals surface area contributed by atoms with Crippen LogP contribution >= 0.6 is 11.3 Å². The number of hydrogen-bond donors (Lipinski definition) is 0. The van der Waals surface area contributed by atoms with Gasteiger partial charge in [-0.25, -0.2) is 4.98 Å². The lowest BCUT2D eigenvalue weighted by Gasteiger charge is -2.34. The normalized spacial score (nSPS) is 16.3. The Morgan fingerprint density at radius 1 is 1.13 bits per heavy atom. The van der Waals surface area contributed by atoms with Gasteiger partial charge < -0.3 is 14.4 Å². The maximum absolute atomic E-state index is 12.8. The Bertz CT molecular complexity index is 1210. The first kappa shape index (κ1) is 20.0. The standard InChI is InChI=1S/C22H24N4O4S/c1-14-15(2)31-21-20(14)22(28)26(12-23-21)11-19(27)25-7-5-24(6-8-25)10-16-3-4-17-18(9-16)30-13-29-17/h3-4,9,12H,5-8,10-11,13H2,1-2H3. The number of carbonyl (C=O) groups is 1. The van der Waals surface area contributed by atoms with Gasteiger partial charge in [-0.3, -0.25) is 19.1 Å². The highest BCUT2D eigenvalue weighted by atomic mass is 32.1. The average Bonchev–Trinajstić information content (AvgIpc) is 3.34. The van der Waals surface area contributed by atoms with E-state index in [2.05, 4.69) is 16.0 Å². The van der Waals surface area contributed by atoms with Gasteiger partial charge in [-0.05, 0) is 37.1 Å². The molecule has 0 radical (unpaired) electrons. The van der Waals surface area contributed by atoms with Crippen LogP contribution in [0.3, 0.4) is 0 Å². The number of aryl methyl sites for hydroxylation is 2. The molecule has 2 aromatic heterocycles. The SMILES string of the molecule is Cc1sc2ncn(CC(=O)N3CCN(Cc4ccc5c(c4)OCO5)CC3)c(=O)c2c1C. The van der Waals surface area contributed by atoms with E-state index < -0.39 is 0 Å². The number of thiophene rings is 1. The van der Waals surface area contributed by atoms with Gasteiger partial charge in [0.2, 0.25) is 12.7 Å². The van der Waals surface area contributed by atoms with Crippen LogP contribution in [0.5, 0.6) is 11.5 Å². The lowest BCUT2D eigenvalue weighted by Crippen LogP contribution is -2.49. The number of ether oxygens (including phenoxy) is 2. The van der Waals surface area contributed by atoms with Gasteiger partial charge in [0, 0.05) is 37.6 Å². The molecule has 162 valence electrons. The number of nitrogens with zero attached hydrogens (tertiary/aromatic N) is 4. The molecule has 1 fully saturated rings. The zero-order valence-electron chi connectivity index (χ0n) is 17.6. The van der Waals surface area contributed by atoms with Crippen molar-refractivity contribution in [3.05, 3.63) is 50.9 Å². The van der Waals surface area contributed by atoms with Crippen LogP contribution in [0.4, 0.5) is 0 Å². The highest BCUT2D eigenvalue weighted by Gasteiger charge is 2.23. The van der Waals surface area contributed by atoms with Gasteiger partial charge in [0.05, 0.1) is 11.7 Å². The van der Waals surface area contributed by atoms with Crippen molar-refractivity contribution < 1.29 is 14.3 Å². The summed E-state index contributed by atoms with van der Waals surface area (Å²) in [6.45, 7) is 7.88. The molecule has 0 atom stereocenters. The summed E-state index contributed by atoms with van der Waals surface area (Å²) in [4.78, 5) is 36.0. The molecule has 8 nitrogen and oxygen atoms in total. The monoisotopic (exact) mass is 440 g/mol. The first-order valence-electron chi connectivity index (χ1n) is 10.3. The predicted octanol–water partition coefficient (Wildman–Crippen LogP) is 2.15. The number of fused-ring (bicyclic) bond motifs is 2. The molecule has 1 aromatic carbocycles. The van der Waals surface area contributed by atoms with Crippen molar-refractivity contribution in [2.24, 2.45) is 0 Å². The van der Waals surface area contributed by atoms with E-state index in [1.54, 1.807) is 0 Å². The van der Waals surface area contributed by atoms with Crippen LogP contribution in [0.1, 0.15) is 16.0 Å². The smallest absolute Gasteiger partial charge is 0.262 e. The maximum Gasteiger partial charge on any atom is 0.262 e. The molecule has 1 saturated heterocycles. The summed E-state index contributed by atoms with van der Waals surface area (Å²) in [5.74, 6) is 1.53. The van der Waals surface area contributed by atoms with Gasteiger partial charge in [-0.15, -0.1) is 11.3 Å². The van der Waals surface area contributed by atoms with Crippen LogP contribution < -0.4 is 15.0 Å². The molecule has 0 bridgehead atoms. The molecule has 5 rings (SSSR count). The van der Waals surface area contributed by atoms with E-state index in [0.29, 0.717) is 18.5 Å². The molecule has 1 amide bonds.